The minimum Gasteiger partial charge on any atom is -0.396 e. The van der Waals surface area contributed by atoms with Crippen molar-refractivity contribution in [2.45, 2.75) is 38.1 Å². The van der Waals surface area contributed by atoms with Crippen LogP contribution in [0.5, 0.6) is 0 Å². The van der Waals surface area contributed by atoms with Crippen molar-refractivity contribution in [1.82, 2.24) is 5.32 Å². The Morgan fingerprint density at radius 1 is 1.58 bits per heavy atom. The monoisotopic (exact) mass is 193 g/mol. The summed E-state index contributed by atoms with van der Waals surface area (Å²) in [6.45, 7) is 3.69. The normalized spacial score (nSPS) is 15.3. The zero-order chi connectivity index (χ0) is 9.56. The molecule has 0 spiro atoms. The topological polar surface area (TPSA) is 49.3 Å². The van der Waals surface area contributed by atoms with Crippen LogP contribution in [0.2, 0.25) is 0 Å². The summed E-state index contributed by atoms with van der Waals surface area (Å²) < 4.78 is 0. The molecule has 0 aliphatic carbocycles. The van der Waals surface area contributed by atoms with Crippen LogP contribution < -0.4 is 5.32 Å². The lowest BCUT2D eigenvalue weighted by molar-refractivity contribution is -0.121. The number of hydrogen-bond acceptors (Lipinski definition) is 2. The molecular weight excluding hydrogens is 178 g/mol. The summed E-state index contributed by atoms with van der Waals surface area (Å²) in [7, 11) is 0. The Labute approximate surface area is 78.1 Å². The van der Waals surface area contributed by atoms with Crippen LogP contribution in [0.3, 0.4) is 0 Å². The zero-order valence-electron chi connectivity index (χ0n) is 7.51. The van der Waals surface area contributed by atoms with Crippen molar-refractivity contribution in [2.24, 2.45) is 0 Å². The van der Waals surface area contributed by atoms with Gasteiger partial charge in [-0.15, -0.1) is 11.6 Å². The second-order valence-corrected chi connectivity index (χ2v) is 3.55. The number of nitrogens with one attached hydrogen (secondary N) is 1. The fourth-order valence-corrected chi connectivity index (χ4v) is 0.890. The second-order valence-electron chi connectivity index (χ2n) is 2.89. The Morgan fingerprint density at radius 3 is 2.58 bits per heavy atom. The Hall–Kier alpha value is -0.280. The summed E-state index contributed by atoms with van der Waals surface area (Å²) in [6.07, 6.45) is 1.49. The van der Waals surface area contributed by atoms with Crippen LogP contribution in [0.1, 0.15) is 26.7 Å². The number of halogens is 1. The molecule has 0 rings (SSSR count). The van der Waals surface area contributed by atoms with E-state index in [9.17, 15) is 4.79 Å². The first kappa shape index (κ1) is 11.7. The van der Waals surface area contributed by atoms with Crippen molar-refractivity contribution in [1.29, 1.82) is 0 Å². The molecule has 0 heterocycles. The van der Waals surface area contributed by atoms with Crippen LogP contribution >= 0.6 is 11.6 Å². The number of carbonyl (C=O) groups excluding carboxylic acids is 1. The summed E-state index contributed by atoms with van der Waals surface area (Å²) in [5, 5.41) is 10.8. The van der Waals surface area contributed by atoms with Gasteiger partial charge >= 0.3 is 0 Å². The lowest BCUT2D eigenvalue weighted by atomic mass is 10.2. The Kier molecular flexibility index (Phi) is 6.11. The van der Waals surface area contributed by atoms with E-state index in [1.807, 2.05) is 6.92 Å². The van der Waals surface area contributed by atoms with Crippen LogP contribution in [0.25, 0.3) is 0 Å². The first-order valence-electron chi connectivity index (χ1n) is 4.13. The third kappa shape index (κ3) is 5.38. The molecule has 0 saturated carbocycles. The van der Waals surface area contributed by atoms with Crippen molar-refractivity contribution >= 4 is 17.5 Å². The van der Waals surface area contributed by atoms with Crippen molar-refractivity contribution < 1.29 is 9.90 Å². The van der Waals surface area contributed by atoms with Gasteiger partial charge in [0.2, 0.25) is 5.91 Å². The molecule has 2 N–H and O–H groups in total. The molecule has 1 amide bonds. The van der Waals surface area contributed by atoms with Crippen molar-refractivity contribution in [3.8, 4) is 0 Å². The van der Waals surface area contributed by atoms with E-state index < -0.39 is 5.38 Å². The number of hydrogen-bond donors (Lipinski definition) is 2. The molecule has 2 unspecified atom stereocenters. The molecule has 2 atom stereocenters. The average Bonchev–Trinajstić information content (AvgIpc) is 2.00. The van der Waals surface area contributed by atoms with Gasteiger partial charge in [-0.2, -0.15) is 0 Å². The summed E-state index contributed by atoms with van der Waals surface area (Å²) in [4.78, 5) is 11.0. The molecule has 72 valence electrons. The van der Waals surface area contributed by atoms with Crippen LogP contribution in [0.15, 0.2) is 0 Å². The van der Waals surface area contributed by atoms with E-state index in [2.05, 4.69) is 5.32 Å². The Balaban J connectivity index is 3.54. The largest absolute Gasteiger partial charge is 0.396 e. The zero-order valence-corrected chi connectivity index (χ0v) is 8.27. The van der Waals surface area contributed by atoms with Crippen molar-refractivity contribution in [3.05, 3.63) is 0 Å². The summed E-state index contributed by atoms with van der Waals surface area (Å²) in [5.41, 5.74) is 0. The van der Waals surface area contributed by atoms with Gasteiger partial charge in [0.1, 0.15) is 5.38 Å². The van der Waals surface area contributed by atoms with Gasteiger partial charge in [0, 0.05) is 12.6 Å². The highest BCUT2D eigenvalue weighted by molar-refractivity contribution is 6.30. The van der Waals surface area contributed by atoms with Crippen LogP contribution in [0.4, 0.5) is 0 Å². The molecule has 0 aliphatic heterocycles. The van der Waals surface area contributed by atoms with Gasteiger partial charge in [0.05, 0.1) is 0 Å². The molecule has 0 aromatic carbocycles. The number of aliphatic hydroxyl groups is 1. The average molecular weight is 194 g/mol. The highest BCUT2D eigenvalue weighted by atomic mass is 35.5. The molecule has 0 aromatic heterocycles. The Bertz CT molecular complexity index is 139. The van der Waals surface area contributed by atoms with Crippen molar-refractivity contribution in [2.75, 3.05) is 6.61 Å². The molecule has 0 bridgehead atoms. The van der Waals surface area contributed by atoms with Crippen LogP contribution in [-0.4, -0.2) is 29.0 Å². The predicted molar refractivity (Wildman–Crippen MR) is 49.2 cm³/mol. The maximum absolute atomic E-state index is 11.0. The minimum atomic E-state index is -0.485. The number of rotatable bonds is 5. The van der Waals surface area contributed by atoms with Gasteiger partial charge in [-0.05, 0) is 26.7 Å². The number of carbonyl (C=O) groups is 1. The van der Waals surface area contributed by atoms with Crippen LogP contribution in [0, 0.1) is 0 Å². The molecule has 4 heteroatoms. The molecule has 0 saturated heterocycles. The standard InChI is InChI=1S/C8H16ClNO2/c1-6(4-3-5-11)10-8(12)7(2)9/h6-7,11H,3-5H2,1-2H3,(H,10,12). The van der Waals surface area contributed by atoms with Gasteiger partial charge in [-0.1, -0.05) is 0 Å². The lowest BCUT2D eigenvalue weighted by Gasteiger charge is -2.13. The molecule has 12 heavy (non-hydrogen) atoms. The first-order chi connectivity index (χ1) is 5.57. The first-order valence-corrected chi connectivity index (χ1v) is 4.57. The third-order valence-corrected chi connectivity index (χ3v) is 1.74. The molecular formula is C8H16ClNO2. The SMILES string of the molecule is CC(CCCO)NC(=O)C(C)Cl. The fourth-order valence-electron chi connectivity index (χ4n) is 0.827. The number of amides is 1. The van der Waals surface area contributed by atoms with Crippen LogP contribution in [-0.2, 0) is 4.79 Å². The van der Waals surface area contributed by atoms with E-state index >= 15 is 0 Å². The summed E-state index contributed by atoms with van der Waals surface area (Å²) >= 11 is 5.54. The Morgan fingerprint density at radius 2 is 2.17 bits per heavy atom. The maximum Gasteiger partial charge on any atom is 0.237 e. The van der Waals surface area contributed by atoms with E-state index in [0.29, 0.717) is 6.42 Å². The minimum absolute atomic E-state index is 0.0887. The maximum atomic E-state index is 11.0. The molecule has 0 aliphatic rings. The molecule has 0 fully saturated rings. The van der Waals surface area contributed by atoms with Gasteiger partial charge in [0.15, 0.2) is 0 Å². The highest BCUT2D eigenvalue weighted by Gasteiger charge is 2.11. The molecule has 0 radical (unpaired) electrons. The third-order valence-electron chi connectivity index (χ3n) is 1.55. The van der Waals surface area contributed by atoms with E-state index in [0.717, 1.165) is 6.42 Å². The van der Waals surface area contributed by atoms with E-state index in [1.165, 1.54) is 0 Å². The lowest BCUT2D eigenvalue weighted by Crippen LogP contribution is -2.36. The van der Waals surface area contributed by atoms with Gasteiger partial charge in [-0.25, -0.2) is 0 Å². The number of alkyl halides is 1. The van der Waals surface area contributed by atoms with Gasteiger partial charge < -0.3 is 10.4 Å². The predicted octanol–water partition coefficient (Wildman–Crippen LogP) is 0.891. The smallest absolute Gasteiger partial charge is 0.237 e. The van der Waals surface area contributed by atoms with Gasteiger partial charge in [0.25, 0.3) is 0 Å². The molecule has 0 aromatic rings. The van der Waals surface area contributed by atoms with E-state index in [-0.39, 0.29) is 18.6 Å². The highest BCUT2D eigenvalue weighted by Crippen LogP contribution is 1.98. The quantitative estimate of drug-likeness (QED) is 0.638. The van der Waals surface area contributed by atoms with Gasteiger partial charge in [-0.3, -0.25) is 4.79 Å². The second kappa shape index (κ2) is 6.26. The number of aliphatic hydroxyl groups excluding tert-OH is 1. The summed E-state index contributed by atoms with van der Waals surface area (Å²) in [5.74, 6) is -0.151. The summed E-state index contributed by atoms with van der Waals surface area (Å²) in [6, 6.07) is 0.0887. The van der Waals surface area contributed by atoms with E-state index in [1.54, 1.807) is 6.92 Å². The van der Waals surface area contributed by atoms with Crippen molar-refractivity contribution in [3.63, 3.8) is 0 Å². The molecule has 3 nitrogen and oxygen atoms in total. The fraction of sp³-hybridized carbons (Fsp3) is 0.875. The van der Waals surface area contributed by atoms with E-state index in [4.69, 9.17) is 16.7 Å².